The number of nitrogens with zero attached hydrogens (tertiary/aromatic N) is 2. The third-order valence-electron chi connectivity index (χ3n) is 6.79. The van der Waals surface area contributed by atoms with Gasteiger partial charge in [-0.1, -0.05) is 12.1 Å². The van der Waals surface area contributed by atoms with Gasteiger partial charge in [0.15, 0.2) is 0 Å². The number of aliphatic hydroxyl groups excluding tert-OH is 1. The number of carbonyl (C=O) groups excluding carboxylic acids is 1. The molecule has 1 aromatic heterocycles. The molecule has 4 fully saturated rings. The van der Waals surface area contributed by atoms with Crippen molar-refractivity contribution in [3.05, 3.63) is 24.3 Å². The second-order valence-electron chi connectivity index (χ2n) is 8.91. The normalized spacial score (nSPS) is 31.4. The Morgan fingerprint density at radius 1 is 1.15 bits per heavy atom. The van der Waals surface area contributed by atoms with E-state index in [2.05, 4.69) is 15.6 Å². The SMILES string of the molecule is O=C(Cn1c(NCCO)nc2ccccc21)NC12CC3CC(CC(C3)C1)C2. The zero-order valence-electron chi connectivity index (χ0n) is 15.7. The molecule has 0 atom stereocenters. The molecule has 4 aliphatic rings. The summed E-state index contributed by atoms with van der Waals surface area (Å²) in [6, 6.07) is 7.86. The Hall–Kier alpha value is -2.08. The van der Waals surface area contributed by atoms with Crippen molar-refractivity contribution in [2.75, 3.05) is 18.5 Å². The molecule has 6 heteroatoms. The van der Waals surface area contributed by atoms with Crippen LogP contribution in [0.2, 0.25) is 0 Å². The van der Waals surface area contributed by atoms with Crippen LogP contribution in [0.5, 0.6) is 0 Å². The molecular formula is C21H28N4O2. The van der Waals surface area contributed by atoms with E-state index in [9.17, 15) is 4.79 Å². The maximum Gasteiger partial charge on any atom is 0.240 e. The van der Waals surface area contributed by atoms with Crippen LogP contribution in [0.25, 0.3) is 11.0 Å². The van der Waals surface area contributed by atoms with E-state index in [-0.39, 0.29) is 24.6 Å². The fourth-order valence-electron chi connectivity index (χ4n) is 6.28. The Bertz CT molecular complexity index is 824. The van der Waals surface area contributed by atoms with Gasteiger partial charge in [-0.15, -0.1) is 0 Å². The van der Waals surface area contributed by atoms with Crippen molar-refractivity contribution in [2.24, 2.45) is 17.8 Å². The van der Waals surface area contributed by atoms with E-state index in [4.69, 9.17) is 5.11 Å². The topological polar surface area (TPSA) is 79.2 Å². The van der Waals surface area contributed by atoms with Crippen molar-refractivity contribution in [1.82, 2.24) is 14.9 Å². The highest BCUT2D eigenvalue weighted by Gasteiger charge is 2.51. The molecule has 2 aromatic rings. The number of hydrogen-bond donors (Lipinski definition) is 3. The van der Waals surface area contributed by atoms with Gasteiger partial charge >= 0.3 is 0 Å². The minimum absolute atomic E-state index is 0.0287. The molecule has 4 aliphatic carbocycles. The van der Waals surface area contributed by atoms with E-state index >= 15 is 0 Å². The smallest absolute Gasteiger partial charge is 0.240 e. The van der Waals surface area contributed by atoms with Crippen molar-refractivity contribution in [3.63, 3.8) is 0 Å². The maximum atomic E-state index is 13.0. The number of para-hydroxylation sites is 2. The monoisotopic (exact) mass is 368 g/mol. The number of amides is 1. The van der Waals surface area contributed by atoms with Gasteiger partial charge in [-0.25, -0.2) is 4.98 Å². The standard InChI is InChI=1S/C21H28N4O2/c26-6-5-22-20-23-17-3-1-2-4-18(17)25(20)13-19(27)24-21-10-14-7-15(11-21)9-16(8-14)12-21/h1-4,14-16,26H,5-13H2,(H,22,23)(H,24,27). The summed E-state index contributed by atoms with van der Waals surface area (Å²) in [7, 11) is 0. The Kier molecular flexibility index (Phi) is 4.11. The molecule has 144 valence electrons. The number of aromatic nitrogens is 2. The highest BCUT2D eigenvalue weighted by Crippen LogP contribution is 2.55. The van der Waals surface area contributed by atoms with Crippen LogP contribution in [-0.4, -0.2) is 39.3 Å². The number of imidazole rings is 1. The lowest BCUT2D eigenvalue weighted by molar-refractivity contribution is -0.127. The Labute approximate surface area is 159 Å². The molecule has 6 nitrogen and oxygen atoms in total. The van der Waals surface area contributed by atoms with Gasteiger partial charge in [-0.3, -0.25) is 4.79 Å². The van der Waals surface area contributed by atoms with Gasteiger partial charge in [0.05, 0.1) is 17.6 Å². The van der Waals surface area contributed by atoms with Gasteiger partial charge in [-0.2, -0.15) is 0 Å². The number of hydrogen-bond acceptors (Lipinski definition) is 4. The van der Waals surface area contributed by atoms with Crippen LogP contribution in [0.4, 0.5) is 5.95 Å². The number of nitrogens with one attached hydrogen (secondary N) is 2. The molecule has 3 N–H and O–H groups in total. The second-order valence-corrected chi connectivity index (χ2v) is 8.91. The minimum atomic E-state index is 0.0287. The highest BCUT2D eigenvalue weighted by atomic mass is 16.3. The molecule has 0 saturated heterocycles. The molecule has 0 aliphatic heterocycles. The Morgan fingerprint density at radius 2 is 1.81 bits per heavy atom. The summed E-state index contributed by atoms with van der Waals surface area (Å²) in [4.78, 5) is 17.6. The molecule has 1 aromatic carbocycles. The molecule has 0 spiro atoms. The maximum absolute atomic E-state index is 13.0. The van der Waals surface area contributed by atoms with Gasteiger partial charge < -0.3 is 20.3 Å². The average Bonchev–Trinajstić information content (AvgIpc) is 2.96. The van der Waals surface area contributed by atoms with Gasteiger partial charge in [0.25, 0.3) is 0 Å². The fourth-order valence-corrected chi connectivity index (χ4v) is 6.28. The van der Waals surface area contributed by atoms with Crippen LogP contribution >= 0.6 is 0 Å². The predicted molar refractivity (Wildman–Crippen MR) is 104 cm³/mol. The number of benzene rings is 1. The fraction of sp³-hybridized carbons (Fsp3) is 0.619. The summed E-state index contributed by atoms with van der Waals surface area (Å²) in [5, 5.41) is 15.7. The number of rotatable bonds is 6. The molecular weight excluding hydrogens is 340 g/mol. The summed E-state index contributed by atoms with van der Waals surface area (Å²) in [5.74, 6) is 3.16. The summed E-state index contributed by atoms with van der Waals surface area (Å²) in [6.07, 6.45) is 7.59. The first kappa shape index (κ1) is 17.0. The van der Waals surface area contributed by atoms with Crippen LogP contribution in [0.3, 0.4) is 0 Å². The van der Waals surface area contributed by atoms with Crippen LogP contribution in [0.1, 0.15) is 38.5 Å². The number of anilines is 1. The van der Waals surface area contributed by atoms with Crippen molar-refractivity contribution < 1.29 is 9.90 Å². The molecule has 0 unspecified atom stereocenters. The first-order valence-corrected chi connectivity index (χ1v) is 10.3. The second kappa shape index (κ2) is 6.51. The van der Waals surface area contributed by atoms with Crippen molar-refractivity contribution in [1.29, 1.82) is 0 Å². The number of aliphatic hydroxyl groups is 1. The lowest BCUT2D eigenvalue weighted by Crippen LogP contribution is -2.60. The van der Waals surface area contributed by atoms with Gasteiger partial charge in [0, 0.05) is 12.1 Å². The number of fused-ring (bicyclic) bond motifs is 1. The van der Waals surface area contributed by atoms with E-state index in [1.807, 2.05) is 28.8 Å². The molecule has 27 heavy (non-hydrogen) atoms. The van der Waals surface area contributed by atoms with Crippen LogP contribution in [0, 0.1) is 17.8 Å². The Balaban J connectivity index is 1.36. The van der Waals surface area contributed by atoms with Gasteiger partial charge in [0.2, 0.25) is 11.9 Å². The quantitative estimate of drug-likeness (QED) is 0.732. The summed E-state index contributed by atoms with van der Waals surface area (Å²) in [5.41, 5.74) is 1.83. The first-order chi connectivity index (χ1) is 13.1. The van der Waals surface area contributed by atoms with E-state index in [0.717, 1.165) is 48.0 Å². The molecule has 4 saturated carbocycles. The number of carbonyl (C=O) groups is 1. The van der Waals surface area contributed by atoms with Crippen molar-refractivity contribution in [3.8, 4) is 0 Å². The summed E-state index contributed by atoms with van der Waals surface area (Å²) in [6.45, 7) is 0.707. The molecule has 1 amide bonds. The lowest BCUT2D eigenvalue weighted by Gasteiger charge is -2.56. The van der Waals surface area contributed by atoms with Crippen LogP contribution < -0.4 is 10.6 Å². The minimum Gasteiger partial charge on any atom is -0.395 e. The third kappa shape index (κ3) is 3.10. The van der Waals surface area contributed by atoms with E-state index < -0.39 is 0 Å². The van der Waals surface area contributed by atoms with Gasteiger partial charge in [0.1, 0.15) is 6.54 Å². The van der Waals surface area contributed by atoms with Gasteiger partial charge in [-0.05, 0) is 68.4 Å². The zero-order valence-corrected chi connectivity index (χ0v) is 15.7. The highest BCUT2D eigenvalue weighted by molar-refractivity contribution is 5.83. The zero-order chi connectivity index (χ0) is 18.4. The summed E-state index contributed by atoms with van der Waals surface area (Å²) >= 11 is 0. The predicted octanol–water partition coefficient (Wildman–Crippen LogP) is 2.53. The van der Waals surface area contributed by atoms with E-state index in [0.29, 0.717) is 12.5 Å². The molecule has 4 bridgehead atoms. The van der Waals surface area contributed by atoms with Crippen LogP contribution in [-0.2, 0) is 11.3 Å². The lowest BCUT2D eigenvalue weighted by atomic mass is 9.53. The molecule has 0 radical (unpaired) electrons. The van der Waals surface area contributed by atoms with Crippen molar-refractivity contribution in [2.45, 2.75) is 50.6 Å². The van der Waals surface area contributed by atoms with Crippen molar-refractivity contribution >= 4 is 22.9 Å². The third-order valence-corrected chi connectivity index (χ3v) is 6.79. The Morgan fingerprint density at radius 3 is 2.48 bits per heavy atom. The summed E-state index contributed by atoms with van der Waals surface area (Å²) < 4.78 is 1.93. The van der Waals surface area contributed by atoms with Crippen LogP contribution in [0.15, 0.2) is 24.3 Å². The average molecular weight is 368 g/mol. The van der Waals surface area contributed by atoms with E-state index in [1.54, 1.807) is 0 Å². The van der Waals surface area contributed by atoms with E-state index in [1.165, 1.54) is 19.3 Å². The first-order valence-electron chi connectivity index (χ1n) is 10.3. The largest absolute Gasteiger partial charge is 0.395 e. The molecule has 1 heterocycles. The molecule has 6 rings (SSSR count).